The zero-order chi connectivity index (χ0) is 15.0. The molecule has 1 rings (SSSR count). The molecule has 1 aromatic rings. The number of sulfonamides is 1. The molecule has 6 heteroatoms. The van der Waals surface area contributed by atoms with E-state index in [1.54, 1.807) is 0 Å². The van der Waals surface area contributed by atoms with Gasteiger partial charge in [0.15, 0.2) is 11.6 Å². The third kappa shape index (κ3) is 5.54. The summed E-state index contributed by atoms with van der Waals surface area (Å²) in [5, 5.41) is 0. The Hall–Kier alpha value is -1.01. The highest BCUT2D eigenvalue weighted by molar-refractivity contribution is 7.89. The molecule has 0 unspecified atom stereocenters. The van der Waals surface area contributed by atoms with Crippen molar-refractivity contribution in [3.63, 3.8) is 0 Å². The van der Waals surface area contributed by atoms with Crippen LogP contribution in [-0.4, -0.2) is 15.0 Å². The van der Waals surface area contributed by atoms with Gasteiger partial charge in [-0.05, 0) is 24.6 Å². The lowest BCUT2D eigenvalue weighted by atomic mass is 10.1. The number of benzene rings is 1. The summed E-state index contributed by atoms with van der Waals surface area (Å²) in [4.78, 5) is -0.248. The van der Waals surface area contributed by atoms with Gasteiger partial charge in [-0.1, -0.05) is 39.0 Å². The van der Waals surface area contributed by atoms with E-state index in [9.17, 15) is 17.2 Å². The Labute approximate surface area is 119 Å². The van der Waals surface area contributed by atoms with E-state index in [4.69, 9.17) is 0 Å². The van der Waals surface area contributed by atoms with Gasteiger partial charge in [-0.3, -0.25) is 0 Å². The SMILES string of the molecule is CCCCCCCCNS(=O)(=O)c1ccc(F)c(F)c1. The van der Waals surface area contributed by atoms with E-state index in [-0.39, 0.29) is 4.90 Å². The molecule has 0 aliphatic heterocycles. The molecule has 0 heterocycles. The first-order valence-electron chi connectivity index (χ1n) is 6.92. The third-order valence-electron chi connectivity index (χ3n) is 3.02. The molecule has 0 radical (unpaired) electrons. The maximum Gasteiger partial charge on any atom is 0.240 e. The van der Waals surface area contributed by atoms with Crippen molar-refractivity contribution >= 4 is 10.0 Å². The average Bonchev–Trinajstić information content (AvgIpc) is 2.40. The summed E-state index contributed by atoms with van der Waals surface area (Å²) in [6.07, 6.45) is 6.31. The normalized spacial score (nSPS) is 11.8. The second kappa shape index (κ2) is 8.32. The molecule has 0 aromatic heterocycles. The van der Waals surface area contributed by atoms with Crippen molar-refractivity contribution in [1.29, 1.82) is 0 Å². The quantitative estimate of drug-likeness (QED) is 0.709. The lowest BCUT2D eigenvalue weighted by Gasteiger charge is -2.07. The molecule has 20 heavy (non-hydrogen) atoms. The van der Waals surface area contributed by atoms with Crippen molar-refractivity contribution in [2.75, 3.05) is 6.54 Å². The molecule has 0 fully saturated rings. The van der Waals surface area contributed by atoms with Crippen LogP contribution in [-0.2, 0) is 10.0 Å². The van der Waals surface area contributed by atoms with E-state index in [1.807, 2.05) is 0 Å². The van der Waals surface area contributed by atoms with Crippen LogP contribution in [0.1, 0.15) is 45.4 Å². The second-order valence-corrected chi connectivity index (χ2v) is 6.51. The molecule has 1 aromatic carbocycles. The molecule has 3 nitrogen and oxygen atoms in total. The zero-order valence-corrected chi connectivity index (χ0v) is 12.5. The zero-order valence-electron chi connectivity index (χ0n) is 11.7. The Morgan fingerprint density at radius 3 is 2.30 bits per heavy atom. The van der Waals surface area contributed by atoms with Gasteiger partial charge in [-0.15, -0.1) is 0 Å². The van der Waals surface area contributed by atoms with Gasteiger partial charge in [0, 0.05) is 6.54 Å². The average molecular weight is 305 g/mol. The van der Waals surface area contributed by atoms with Gasteiger partial charge in [0.25, 0.3) is 0 Å². The molecule has 114 valence electrons. The van der Waals surface area contributed by atoms with E-state index in [1.165, 1.54) is 12.8 Å². The lowest BCUT2D eigenvalue weighted by molar-refractivity contribution is 0.504. The van der Waals surface area contributed by atoms with Crippen LogP contribution in [0, 0.1) is 11.6 Å². The Morgan fingerprint density at radius 2 is 1.65 bits per heavy atom. The number of rotatable bonds is 9. The molecule has 0 atom stereocenters. The van der Waals surface area contributed by atoms with Crippen LogP contribution in [0.4, 0.5) is 8.78 Å². The number of hydrogen-bond acceptors (Lipinski definition) is 2. The minimum Gasteiger partial charge on any atom is -0.211 e. The molecule has 0 spiro atoms. The summed E-state index contributed by atoms with van der Waals surface area (Å²) in [7, 11) is -3.75. The first-order chi connectivity index (χ1) is 9.47. The van der Waals surface area contributed by atoms with Crippen molar-refractivity contribution in [2.45, 2.75) is 50.3 Å². The van der Waals surface area contributed by atoms with Gasteiger partial charge in [-0.2, -0.15) is 0 Å². The van der Waals surface area contributed by atoms with Crippen LogP contribution in [0.5, 0.6) is 0 Å². The molecular formula is C14H21F2NO2S. The fraction of sp³-hybridized carbons (Fsp3) is 0.571. The van der Waals surface area contributed by atoms with Crippen molar-refractivity contribution in [3.8, 4) is 0 Å². The Bertz CT molecular complexity index is 518. The van der Waals surface area contributed by atoms with Crippen LogP contribution in [0.2, 0.25) is 0 Å². The standard InChI is InChI=1S/C14H21F2NO2S/c1-2-3-4-5-6-7-10-17-20(18,19)12-8-9-13(15)14(16)11-12/h8-9,11,17H,2-7,10H2,1H3. The molecule has 0 bridgehead atoms. The summed E-state index contributed by atoms with van der Waals surface area (Å²) in [6.45, 7) is 2.45. The lowest BCUT2D eigenvalue weighted by Crippen LogP contribution is -2.25. The predicted molar refractivity (Wildman–Crippen MR) is 74.9 cm³/mol. The van der Waals surface area contributed by atoms with Gasteiger partial charge in [0.05, 0.1) is 4.90 Å². The molecule has 0 aliphatic carbocycles. The molecule has 0 aliphatic rings. The first kappa shape index (κ1) is 17.0. The van der Waals surface area contributed by atoms with Crippen molar-refractivity contribution in [1.82, 2.24) is 4.72 Å². The maximum atomic E-state index is 13.0. The minimum atomic E-state index is -3.75. The second-order valence-electron chi connectivity index (χ2n) is 4.74. The van der Waals surface area contributed by atoms with Crippen LogP contribution in [0.3, 0.4) is 0 Å². The van der Waals surface area contributed by atoms with E-state index in [2.05, 4.69) is 11.6 Å². The summed E-state index contributed by atoms with van der Waals surface area (Å²) in [5.74, 6) is -2.22. The molecule has 0 saturated carbocycles. The van der Waals surface area contributed by atoms with Crippen LogP contribution < -0.4 is 4.72 Å². The molecule has 1 N–H and O–H groups in total. The van der Waals surface area contributed by atoms with Crippen molar-refractivity contribution in [2.24, 2.45) is 0 Å². The van der Waals surface area contributed by atoms with Gasteiger partial charge in [0.2, 0.25) is 10.0 Å². The maximum absolute atomic E-state index is 13.0. The van der Waals surface area contributed by atoms with E-state index in [0.717, 1.165) is 37.8 Å². The van der Waals surface area contributed by atoms with Crippen LogP contribution in [0.15, 0.2) is 23.1 Å². The van der Waals surface area contributed by atoms with Crippen LogP contribution >= 0.6 is 0 Å². The molecular weight excluding hydrogens is 284 g/mol. The summed E-state index contributed by atoms with van der Waals surface area (Å²) in [5.41, 5.74) is 0. The topological polar surface area (TPSA) is 46.2 Å². The molecule has 0 amide bonds. The summed E-state index contributed by atoms with van der Waals surface area (Å²) >= 11 is 0. The smallest absolute Gasteiger partial charge is 0.211 e. The van der Waals surface area contributed by atoms with E-state index >= 15 is 0 Å². The number of nitrogens with one attached hydrogen (secondary N) is 1. The highest BCUT2D eigenvalue weighted by Gasteiger charge is 2.15. The van der Waals surface area contributed by atoms with Gasteiger partial charge < -0.3 is 0 Å². The van der Waals surface area contributed by atoms with E-state index < -0.39 is 21.7 Å². The minimum absolute atomic E-state index is 0.248. The number of halogens is 2. The van der Waals surface area contributed by atoms with Crippen molar-refractivity contribution < 1.29 is 17.2 Å². The Balaban J connectivity index is 2.40. The van der Waals surface area contributed by atoms with Crippen molar-refractivity contribution in [3.05, 3.63) is 29.8 Å². The summed E-state index contributed by atoms with van der Waals surface area (Å²) in [6, 6.07) is 2.57. The summed E-state index contributed by atoms with van der Waals surface area (Å²) < 4.78 is 51.8. The first-order valence-corrected chi connectivity index (χ1v) is 8.40. The Morgan fingerprint density at radius 1 is 1.00 bits per heavy atom. The third-order valence-corrected chi connectivity index (χ3v) is 4.48. The fourth-order valence-electron chi connectivity index (χ4n) is 1.84. The van der Waals surface area contributed by atoms with Gasteiger partial charge >= 0.3 is 0 Å². The largest absolute Gasteiger partial charge is 0.240 e. The molecule has 0 saturated heterocycles. The van der Waals surface area contributed by atoms with Gasteiger partial charge in [-0.25, -0.2) is 21.9 Å². The highest BCUT2D eigenvalue weighted by Crippen LogP contribution is 2.13. The highest BCUT2D eigenvalue weighted by atomic mass is 32.2. The fourth-order valence-corrected chi connectivity index (χ4v) is 2.92. The number of unbranched alkanes of at least 4 members (excludes halogenated alkanes) is 5. The van der Waals surface area contributed by atoms with Crippen LogP contribution in [0.25, 0.3) is 0 Å². The van der Waals surface area contributed by atoms with E-state index in [0.29, 0.717) is 12.6 Å². The monoisotopic (exact) mass is 305 g/mol. The van der Waals surface area contributed by atoms with Gasteiger partial charge in [0.1, 0.15) is 0 Å². The number of hydrogen-bond donors (Lipinski definition) is 1. The predicted octanol–water partition coefficient (Wildman–Crippen LogP) is 3.60. The Kier molecular flexibility index (Phi) is 7.09.